The predicted octanol–water partition coefficient (Wildman–Crippen LogP) is 2.55. The lowest BCUT2D eigenvalue weighted by molar-refractivity contribution is 0.195. The van der Waals surface area contributed by atoms with Crippen LogP contribution in [0.25, 0.3) is 16.7 Å². The fourth-order valence-electron chi connectivity index (χ4n) is 3.91. The van der Waals surface area contributed by atoms with E-state index in [9.17, 15) is 8.42 Å². The molecule has 3 aromatic rings. The van der Waals surface area contributed by atoms with Crippen molar-refractivity contribution in [1.29, 1.82) is 0 Å². The molecule has 0 saturated carbocycles. The molecule has 0 radical (unpaired) electrons. The Balaban J connectivity index is 1.58. The standard InChI is InChI=1S/C21H26N4O3S/c1-28-18-9-7-17(8-10-18)25-20-6-4-3-5-19(20)22-21(25)15-24-13-11-16(12-14-24)23-29(2,26)27/h3-10,16,23H,11-15H2,1-2H3. The summed E-state index contributed by atoms with van der Waals surface area (Å²) >= 11 is 0. The number of aromatic nitrogens is 2. The van der Waals surface area contributed by atoms with Crippen LogP contribution in [-0.2, 0) is 16.6 Å². The summed E-state index contributed by atoms with van der Waals surface area (Å²) in [6.07, 6.45) is 2.82. The lowest BCUT2D eigenvalue weighted by atomic mass is 10.1. The van der Waals surface area contributed by atoms with E-state index in [-0.39, 0.29) is 6.04 Å². The van der Waals surface area contributed by atoms with Gasteiger partial charge in [0.1, 0.15) is 11.6 Å². The summed E-state index contributed by atoms with van der Waals surface area (Å²) in [5.41, 5.74) is 3.08. The van der Waals surface area contributed by atoms with Crippen LogP contribution in [0.4, 0.5) is 0 Å². The molecule has 1 aliphatic rings. The Morgan fingerprint density at radius 2 is 1.79 bits per heavy atom. The summed E-state index contributed by atoms with van der Waals surface area (Å²) in [6.45, 7) is 2.38. The van der Waals surface area contributed by atoms with Gasteiger partial charge in [0, 0.05) is 24.8 Å². The molecule has 154 valence electrons. The van der Waals surface area contributed by atoms with Gasteiger partial charge in [0.2, 0.25) is 10.0 Å². The summed E-state index contributed by atoms with van der Waals surface area (Å²) in [4.78, 5) is 7.22. The van der Waals surface area contributed by atoms with Crippen molar-refractivity contribution in [2.45, 2.75) is 25.4 Å². The van der Waals surface area contributed by atoms with Crippen molar-refractivity contribution < 1.29 is 13.2 Å². The van der Waals surface area contributed by atoms with Crippen LogP contribution in [0.2, 0.25) is 0 Å². The molecule has 1 aromatic heterocycles. The zero-order chi connectivity index (χ0) is 20.4. The van der Waals surface area contributed by atoms with Gasteiger partial charge in [-0.05, 0) is 49.2 Å². The van der Waals surface area contributed by atoms with Crippen molar-refractivity contribution in [2.24, 2.45) is 0 Å². The largest absolute Gasteiger partial charge is 0.497 e. The minimum atomic E-state index is -3.16. The summed E-state index contributed by atoms with van der Waals surface area (Å²) < 4.78 is 33.1. The molecular weight excluding hydrogens is 388 g/mol. The van der Waals surface area contributed by atoms with Crippen LogP contribution >= 0.6 is 0 Å². The Morgan fingerprint density at radius 1 is 1.10 bits per heavy atom. The monoisotopic (exact) mass is 414 g/mol. The van der Waals surface area contributed by atoms with E-state index < -0.39 is 10.0 Å². The Bertz CT molecular complexity index is 1080. The number of ether oxygens (including phenoxy) is 1. The molecule has 8 heteroatoms. The molecule has 0 aliphatic carbocycles. The van der Waals surface area contributed by atoms with Crippen molar-refractivity contribution in [1.82, 2.24) is 19.2 Å². The molecule has 0 atom stereocenters. The highest BCUT2D eigenvalue weighted by molar-refractivity contribution is 7.88. The molecule has 2 aromatic carbocycles. The van der Waals surface area contributed by atoms with Gasteiger partial charge in [-0.2, -0.15) is 0 Å². The minimum Gasteiger partial charge on any atom is -0.497 e. The number of para-hydroxylation sites is 2. The third-order valence-electron chi connectivity index (χ3n) is 5.29. The molecule has 1 fully saturated rings. The number of benzene rings is 2. The van der Waals surface area contributed by atoms with E-state index in [1.165, 1.54) is 6.26 Å². The Labute approximate surface area is 171 Å². The van der Waals surface area contributed by atoms with Crippen LogP contribution in [0, 0.1) is 0 Å². The lowest BCUT2D eigenvalue weighted by Gasteiger charge is -2.31. The van der Waals surface area contributed by atoms with Crippen LogP contribution in [0.3, 0.4) is 0 Å². The maximum Gasteiger partial charge on any atom is 0.208 e. The lowest BCUT2D eigenvalue weighted by Crippen LogP contribution is -2.44. The number of hydrogen-bond acceptors (Lipinski definition) is 5. The first-order valence-electron chi connectivity index (χ1n) is 9.73. The molecule has 0 amide bonds. The van der Waals surface area contributed by atoms with Gasteiger partial charge in [0.25, 0.3) is 0 Å². The highest BCUT2D eigenvalue weighted by Gasteiger charge is 2.23. The Hall–Kier alpha value is -2.42. The van der Waals surface area contributed by atoms with Gasteiger partial charge in [-0.3, -0.25) is 9.47 Å². The van der Waals surface area contributed by atoms with Crippen LogP contribution in [-0.4, -0.2) is 55.4 Å². The fourth-order valence-corrected chi connectivity index (χ4v) is 4.75. The predicted molar refractivity (Wildman–Crippen MR) is 114 cm³/mol. The van der Waals surface area contributed by atoms with Crippen molar-refractivity contribution in [3.63, 3.8) is 0 Å². The van der Waals surface area contributed by atoms with Crippen molar-refractivity contribution in [2.75, 3.05) is 26.5 Å². The third-order valence-corrected chi connectivity index (χ3v) is 6.06. The van der Waals surface area contributed by atoms with E-state index in [1.54, 1.807) is 7.11 Å². The first-order chi connectivity index (χ1) is 13.9. The number of imidazole rings is 1. The summed E-state index contributed by atoms with van der Waals surface area (Å²) in [7, 11) is -1.50. The second kappa shape index (κ2) is 8.14. The number of fused-ring (bicyclic) bond motifs is 1. The number of sulfonamides is 1. The number of nitrogens with one attached hydrogen (secondary N) is 1. The molecule has 4 rings (SSSR count). The zero-order valence-electron chi connectivity index (χ0n) is 16.7. The van der Waals surface area contributed by atoms with Crippen LogP contribution < -0.4 is 9.46 Å². The molecule has 29 heavy (non-hydrogen) atoms. The maximum atomic E-state index is 11.5. The Morgan fingerprint density at radius 3 is 2.45 bits per heavy atom. The zero-order valence-corrected chi connectivity index (χ0v) is 17.5. The number of rotatable bonds is 6. The van der Waals surface area contributed by atoms with E-state index in [0.717, 1.165) is 54.2 Å². The minimum absolute atomic E-state index is 0.0154. The van der Waals surface area contributed by atoms with Crippen molar-refractivity contribution in [3.8, 4) is 11.4 Å². The summed E-state index contributed by atoms with van der Waals surface area (Å²) in [5.74, 6) is 1.80. The second-order valence-corrected chi connectivity index (χ2v) is 9.27. The number of methoxy groups -OCH3 is 1. The molecule has 0 bridgehead atoms. The molecule has 1 N–H and O–H groups in total. The van der Waals surface area contributed by atoms with Gasteiger partial charge in [-0.1, -0.05) is 12.1 Å². The number of hydrogen-bond donors (Lipinski definition) is 1. The van der Waals surface area contributed by atoms with Gasteiger partial charge in [0.05, 0.1) is 30.9 Å². The van der Waals surface area contributed by atoms with E-state index in [1.807, 2.05) is 42.5 Å². The van der Waals surface area contributed by atoms with Gasteiger partial charge in [0.15, 0.2) is 0 Å². The maximum absolute atomic E-state index is 11.5. The highest BCUT2D eigenvalue weighted by Crippen LogP contribution is 2.25. The number of likely N-dealkylation sites (tertiary alicyclic amines) is 1. The van der Waals surface area contributed by atoms with Crippen LogP contribution in [0.1, 0.15) is 18.7 Å². The third kappa shape index (κ3) is 4.60. The van der Waals surface area contributed by atoms with E-state index in [2.05, 4.69) is 20.3 Å². The number of piperidine rings is 1. The summed E-state index contributed by atoms with van der Waals surface area (Å²) in [5, 5.41) is 0. The van der Waals surface area contributed by atoms with Crippen LogP contribution in [0.15, 0.2) is 48.5 Å². The van der Waals surface area contributed by atoms with Gasteiger partial charge >= 0.3 is 0 Å². The number of nitrogens with zero attached hydrogens (tertiary/aromatic N) is 3. The first kappa shape index (κ1) is 19.9. The first-order valence-corrected chi connectivity index (χ1v) is 11.6. The van der Waals surface area contributed by atoms with Crippen LogP contribution in [0.5, 0.6) is 5.75 Å². The second-order valence-electron chi connectivity index (χ2n) is 7.49. The normalized spacial score (nSPS) is 16.3. The molecule has 1 saturated heterocycles. The molecule has 2 heterocycles. The highest BCUT2D eigenvalue weighted by atomic mass is 32.2. The molecule has 0 unspecified atom stereocenters. The van der Waals surface area contributed by atoms with E-state index in [0.29, 0.717) is 6.54 Å². The van der Waals surface area contributed by atoms with Crippen molar-refractivity contribution in [3.05, 3.63) is 54.4 Å². The quantitative estimate of drug-likeness (QED) is 0.671. The smallest absolute Gasteiger partial charge is 0.208 e. The summed E-state index contributed by atoms with van der Waals surface area (Å²) in [6, 6.07) is 16.1. The molecular formula is C21H26N4O3S. The fraction of sp³-hybridized carbons (Fsp3) is 0.381. The van der Waals surface area contributed by atoms with Crippen molar-refractivity contribution >= 4 is 21.1 Å². The average molecular weight is 415 g/mol. The van der Waals surface area contributed by atoms with E-state index >= 15 is 0 Å². The van der Waals surface area contributed by atoms with E-state index in [4.69, 9.17) is 9.72 Å². The van der Waals surface area contributed by atoms with Gasteiger partial charge < -0.3 is 4.74 Å². The topological polar surface area (TPSA) is 76.5 Å². The SMILES string of the molecule is COc1ccc(-n2c(CN3CCC(NS(C)(=O)=O)CC3)nc3ccccc32)cc1. The molecule has 7 nitrogen and oxygen atoms in total. The molecule has 0 spiro atoms. The van der Waals surface area contributed by atoms with Gasteiger partial charge in [-0.15, -0.1) is 0 Å². The molecule has 1 aliphatic heterocycles. The van der Waals surface area contributed by atoms with Gasteiger partial charge in [-0.25, -0.2) is 18.1 Å². The Kier molecular flexibility index (Phi) is 5.58. The average Bonchev–Trinajstić information content (AvgIpc) is 3.06.